The molecule has 2 unspecified atom stereocenters. The molecule has 0 N–H and O–H groups in total. The maximum atomic E-state index is 12.7. The van der Waals surface area contributed by atoms with Crippen LogP contribution >= 0.6 is 0 Å². The molecule has 0 aromatic carbocycles. The van der Waals surface area contributed by atoms with E-state index in [-0.39, 0.29) is 17.6 Å². The lowest BCUT2D eigenvalue weighted by atomic mass is 9.98. The van der Waals surface area contributed by atoms with Crippen LogP contribution in [-0.2, 0) is 4.74 Å². The number of hydrogen-bond acceptors (Lipinski definition) is 5. The molecule has 2 aromatic heterocycles. The third-order valence-electron chi connectivity index (χ3n) is 4.82. The number of hydrogen-bond donors (Lipinski definition) is 0. The quantitative estimate of drug-likeness (QED) is 0.858. The van der Waals surface area contributed by atoms with Crippen LogP contribution in [-0.4, -0.2) is 52.2 Å². The highest BCUT2D eigenvalue weighted by Gasteiger charge is 2.47. The summed E-state index contributed by atoms with van der Waals surface area (Å²) in [6.45, 7) is 3.71. The molecule has 4 rings (SSSR count). The van der Waals surface area contributed by atoms with Gasteiger partial charge in [-0.3, -0.25) is 9.78 Å². The van der Waals surface area contributed by atoms with Crippen molar-refractivity contribution >= 4 is 5.91 Å². The summed E-state index contributed by atoms with van der Waals surface area (Å²) in [5.41, 5.74) is 1.05. The highest BCUT2D eigenvalue weighted by molar-refractivity contribution is 5.92. The number of carbonyl (C=O) groups excluding carboxylic acids is 1. The Morgan fingerprint density at radius 3 is 3.08 bits per heavy atom. The van der Waals surface area contributed by atoms with E-state index in [1.807, 2.05) is 36.1 Å². The maximum absolute atomic E-state index is 12.7. The van der Waals surface area contributed by atoms with Crippen LogP contribution in [0.2, 0.25) is 0 Å². The first-order valence-electron chi connectivity index (χ1n) is 8.57. The van der Waals surface area contributed by atoms with Crippen molar-refractivity contribution in [3.05, 3.63) is 54.1 Å². The van der Waals surface area contributed by atoms with Crippen LogP contribution in [0.3, 0.4) is 0 Å². The third-order valence-corrected chi connectivity index (χ3v) is 4.82. The highest BCUT2D eigenvalue weighted by atomic mass is 16.6. The summed E-state index contributed by atoms with van der Waals surface area (Å²) >= 11 is 0. The fourth-order valence-corrected chi connectivity index (χ4v) is 3.61. The van der Waals surface area contributed by atoms with E-state index in [0.29, 0.717) is 25.4 Å². The van der Waals surface area contributed by atoms with Gasteiger partial charge in [0.25, 0.3) is 5.91 Å². The number of nitrogens with zero attached hydrogens (tertiary/aromatic N) is 3. The van der Waals surface area contributed by atoms with Gasteiger partial charge in [0.2, 0.25) is 0 Å². The molecule has 6 nitrogen and oxygen atoms in total. The molecular weight excluding hydrogens is 318 g/mol. The average Bonchev–Trinajstić information content (AvgIpc) is 3.22. The summed E-state index contributed by atoms with van der Waals surface area (Å²) in [5.74, 6) is 0.726. The maximum Gasteiger partial charge on any atom is 0.272 e. The van der Waals surface area contributed by atoms with Crippen LogP contribution in [0.4, 0.5) is 0 Å². The number of aromatic nitrogens is 2. The Balaban J connectivity index is 1.39. The van der Waals surface area contributed by atoms with Crippen LogP contribution in [0.15, 0.2) is 42.7 Å². The first-order valence-corrected chi connectivity index (χ1v) is 8.57. The number of ether oxygens (including phenoxy) is 2. The Bertz CT molecular complexity index is 768. The van der Waals surface area contributed by atoms with Gasteiger partial charge in [-0.2, -0.15) is 0 Å². The lowest BCUT2D eigenvalue weighted by Gasteiger charge is -2.23. The van der Waals surface area contributed by atoms with Gasteiger partial charge < -0.3 is 14.4 Å². The molecule has 4 heterocycles. The van der Waals surface area contributed by atoms with Crippen molar-refractivity contribution in [2.24, 2.45) is 0 Å². The van der Waals surface area contributed by atoms with Crippen LogP contribution in [0.25, 0.3) is 0 Å². The summed E-state index contributed by atoms with van der Waals surface area (Å²) in [6.07, 6.45) is 5.04. The van der Waals surface area contributed by atoms with Gasteiger partial charge in [-0.05, 0) is 37.6 Å². The van der Waals surface area contributed by atoms with E-state index in [2.05, 4.69) is 9.97 Å². The zero-order valence-electron chi connectivity index (χ0n) is 14.2. The molecule has 0 aliphatic carbocycles. The molecule has 1 spiro atoms. The minimum absolute atomic E-state index is 0.00338. The predicted molar refractivity (Wildman–Crippen MR) is 91.4 cm³/mol. The van der Waals surface area contributed by atoms with Crippen molar-refractivity contribution in [2.75, 3.05) is 19.7 Å². The van der Waals surface area contributed by atoms with Gasteiger partial charge in [0.1, 0.15) is 17.5 Å². The number of likely N-dealkylation sites (tertiary alicyclic amines) is 1. The van der Waals surface area contributed by atoms with Gasteiger partial charge >= 0.3 is 0 Å². The zero-order valence-corrected chi connectivity index (χ0v) is 14.2. The van der Waals surface area contributed by atoms with Crippen LogP contribution in [0.1, 0.15) is 29.0 Å². The Morgan fingerprint density at radius 2 is 2.28 bits per heavy atom. The predicted octanol–water partition coefficient (Wildman–Crippen LogP) is 2.24. The minimum atomic E-state index is -0.299. The molecule has 0 radical (unpaired) electrons. The lowest BCUT2D eigenvalue weighted by Crippen LogP contribution is -2.36. The molecule has 25 heavy (non-hydrogen) atoms. The second-order valence-corrected chi connectivity index (χ2v) is 6.77. The van der Waals surface area contributed by atoms with E-state index in [4.69, 9.17) is 9.47 Å². The van der Waals surface area contributed by atoms with E-state index in [1.54, 1.807) is 18.5 Å². The largest absolute Gasteiger partial charge is 0.486 e. The summed E-state index contributed by atoms with van der Waals surface area (Å²) in [6, 6.07) is 9.27. The lowest BCUT2D eigenvalue weighted by molar-refractivity contribution is 0.00989. The smallest absolute Gasteiger partial charge is 0.272 e. The molecule has 130 valence electrons. The van der Waals surface area contributed by atoms with E-state index in [1.165, 1.54) is 0 Å². The standard InChI is InChI=1S/C19H21N3O3/c1-14-4-2-6-17(21-14)18(23)22-9-7-19(13-22)10-16(12-24-19)25-15-5-3-8-20-11-15/h2-6,8,11,16H,7,9-10,12-13H2,1H3. The van der Waals surface area contributed by atoms with Crippen molar-refractivity contribution in [1.29, 1.82) is 0 Å². The molecule has 0 saturated carbocycles. The fourth-order valence-electron chi connectivity index (χ4n) is 3.61. The van der Waals surface area contributed by atoms with E-state index in [0.717, 1.165) is 24.3 Å². The van der Waals surface area contributed by atoms with Gasteiger partial charge in [-0.15, -0.1) is 0 Å². The summed E-state index contributed by atoms with van der Waals surface area (Å²) in [7, 11) is 0. The molecule has 2 aliphatic heterocycles. The van der Waals surface area contributed by atoms with Gasteiger partial charge in [0.05, 0.1) is 24.9 Å². The Labute approximate surface area is 146 Å². The van der Waals surface area contributed by atoms with E-state index < -0.39 is 0 Å². The van der Waals surface area contributed by atoms with Crippen molar-refractivity contribution in [3.8, 4) is 5.75 Å². The SMILES string of the molecule is Cc1cccc(C(=O)N2CCC3(CC(Oc4cccnc4)CO3)C2)n1. The van der Waals surface area contributed by atoms with Crippen LogP contribution in [0, 0.1) is 6.92 Å². The molecule has 2 fully saturated rings. The number of carbonyl (C=O) groups is 1. The Kier molecular flexibility index (Phi) is 4.13. The van der Waals surface area contributed by atoms with Crippen LogP contribution in [0.5, 0.6) is 5.75 Å². The monoisotopic (exact) mass is 339 g/mol. The number of amides is 1. The average molecular weight is 339 g/mol. The summed E-state index contributed by atoms with van der Waals surface area (Å²) < 4.78 is 12.0. The summed E-state index contributed by atoms with van der Waals surface area (Å²) in [5, 5.41) is 0. The van der Waals surface area contributed by atoms with Gasteiger partial charge in [-0.25, -0.2) is 4.98 Å². The first kappa shape index (κ1) is 16.0. The van der Waals surface area contributed by atoms with Gasteiger partial charge in [0, 0.05) is 24.9 Å². The molecule has 0 bridgehead atoms. The number of pyridine rings is 2. The summed E-state index contributed by atoms with van der Waals surface area (Å²) in [4.78, 5) is 22.9. The van der Waals surface area contributed by atoms with Crippen molar-refractivity contribution in [3.63, 3.8) is 0 Å². The van der Waals surface area contributed by atoms with Gasteiger partial charge in [-0.1, -0.05) is 6.07 Å². The number of aryl methyl sites for hydroxylation is 1. The van der Waals surface area contributed by atoms with Crippen molar-refractivity contribution < 1.29 is 14.3 Å². The number of rotatable bonds is 3. The topological polar surface area (TPSA) is 64.6 Å². The van der Waals surface area contributed by atoms with E-state index in [9.17, 15) is 4.79 Å². The second-order valence-electron chi connectivity index (χ2n) is 6.77. The second kappa shape index (κ2) is 6.44. The van der Waals surface area contributed by atoms with Crippen LogP contribution < -0.4 is 4.74 Å². The molecular formula is C19H21N3O3. The van der Waals surface area contributed by atoms with Crippen molar-refractivity contribution in [1.82, 2.24) is 14.9 Å². The molecule has 1 amide bonds. The third kappa shape index (κ3) is 3.35. The molecule has 2 aromatic rings. The first-order chi connectivity index (χ1) is 12.1. The normalized spacial score (nSPS) is 25.5. The van der Waals surface area contributed by atoms with Crippen molar-refractivity contribution in [2.45, 2.75) is 31.5 Å². The minimum Gasteiger partial charge on any atom is -0.486 e. The van der Waals surface area contributed by atoms with Gasteiger partial charge in [0.15, 0.2) is 0 Å². The Morgan fingerprint density at radius 1 is 1.36 bits per heavy atom. The molecule has 6 heteroatoms. The molecule has 2 aliphatic rings. The molecule has 2 saturated heterocycles. The highest BCUT2D eigenvalue weighted by Crippen LogP contribution is 2.37. The Hall–Kier alpha value is -2.47. The fraction of sp³-hybridized carbons (Fsp3) is 0.421. The van der Waals surface area contributed by atoms with E-state index >= 15 is 0 Å². The molecule has 2 atom stereocenters. The zero-order chi connectivity index (χ0) is 17.3.